The number of hydrogen-bond donors (Lipinski definition) is 2. The number of halogens is 2. The summed E-state index contributed by atoms with van der Waals surface area (Å²) in [4.78, 5) is 29.4. The number of carbonyl (C=O) groups excluding carboxylic acids is 1. The molecule has 2 aromatic carbocycles. The maximum Gasteiger partial charge on any atom is 0.279 e. The number of nitrogens with zero attached hydrogens (tertiary/aromatic N) is 2. The first-order valence-electron chi connectivity index (χ1n) is 8.58. The maximum absolute atomic E-state index is 12.6. The Morgan fingerprint density at radius 1 is 1.25 bits per heavy atom. The molecular weight excluding hydrogens is 403 g/mol. The van der Waals surface area contributed by atoms with Crippen LogP contribution in [0.4, 0.5) is 5.95 Å². The van der Waals surface area contributed by atoms with Gasteiger partial charge in [0.1, 0.15) is 5.75 Å². The summed E-state index contributed by atoms with van der Waals surface area (Å²) in [6, 6.07) is 11.7. The molecule has 0 spiro atoms. The number of benzene rings is 2. The highest BCUT2D eigenvalue weighted by Crippen LogP contribution is 2.28. The number of aromatic nitrogens is 2. The van der Waals surface area contributed by atoms with Gasteiger partial charge in [0.05, 0.1) is 15.9 Å². The van der Waals surface area contributed by atoms with Gasteiger partial charge in [0.2, 0.25) is 5.95 Å². The Kier molecular flexibility index (Phi) is 6.06. The van der Waals surface area contributed by atoms with E-state index in [2.05, 4.69) is 15.8 Å². The number of carbonyl (C=O) groups is 1. The van der Waals surface area contributed by atoms with Gasteiger partial charge in [0.15, 0.2) is 6.10 Å². The molecule has 1 unspecified atom stereocenters. The summed E-state index contributed by atoms with van der Waals surface area (Å²) in [5.74, 6) is 0.107. The average Bonchev–Trinajstić information content (AvgIpc) is 2.68. The van der Waals surface area contributed by atoms with Crippen molar-refractivity contribution < 1.29 is 9.53 Å². The Morgan fingerprint density at radius 2 is 2.00 bits per heavy atom. The van der Waals surface area contributed by atoms with E-state index >= 15 is 0 Å². The van der Waals surface area contributed by atoms with E-state index in [0.29, 0.717) is 33.2 Å². The van der Waals surface area contributed by atoms with Crippen LogP contribution in [-0.2, 0) is 11.3 Å². The largest absolute Gasteiger partial charge is 0.479 e. The first kappa shape index (κ1) is 20.0. The highest BCUT2D eigenvalue weighted by atomic mass is 35.5. The third-order valence-electron chi connectivity index (χ3n) is 4.04. The average molecular weight is 421 g/mol. The minimum absolute atomic E-state index is 0.193. The van der Waals surface area contributed by atoms with Crippen LogP contribution < -0.4 is 21.1 Å². The van der Waals surface area contributed by atoms with Crippen molar-refractivity contribution in [3.8, 4) is 5.75 Å². The van der Waals surface area contributed by atoms with E-state index in [-0.39, 0.29) is 11.5 Å². The smallest absolute Gasteiger partial charge is 0.279 e. The molecular formula is C19H18Cl2N4O3. The summed E-state index contributed by atoms with van der Waals surface area (Å²) in [5, 5.41) is 1.28. The van der Waals surface area contributed by atoms with Crippen molar-refractivity contribution >= 4 is 46.0 Å². The van der Waals surface area contributed by atoms with Crippen molar-refractivity contribution in [2.75, 3.05) is 5.43 Å². The van der Waals surface area contributed by atoms with E-state index < -0.39 is 12.0 Å². The molecule has 9 heteroatoms. The fourth-order valence-electron chi connectivity index (χ4n) is 2.59. The molecule has 146 valence electrons. The monoisotopic (exact) mass is 420 g/mol. The molecule has 1 amide bonds. The molecule has 0 saturated heterocycles. The number of nitrogens with one attached hydrogen (secondary N) is 2. The van der Waals surface area contributed by atoms with Gasteiger partial charge in [0.25, 0.3) is 11.5 Å². The van der Waals surface area contributed by atoms with E-state index in [1.807, 2.05) is 6.92 Å². The minimum atomic E-state index is -0.853. The quantitative estimate of drug-likeness (QED) is 0.594. The normalized spacial score (nSPS) is 11.9. The molecule has 1 heterocycles. The fourth-order valence-corrected chi connectivity index (χ4v) is 3.04. The van der Waals surface area contributed by atoms with E-state index in [0.717, 1.165) is 0 Å². The first-order chi connectivity index (χ1) is 13.4. The van der Waals surface area contributed by atoms with Gasteiger partial charge >= 0.3 is 0 Å². The van der Waals surface area contributed by atoms with Crippen LogP contribution in [0.25, 0.3) is 10.9 Å². The molecule has 3 rings (SSSR count). The Bertz CT molecular complexity index is 1080. The number of para-hydroxylation sites is 1. The predicted octanol–water partition coefficient (Wildman–Crippen LogP) is 3.63. The van der Waals surface area contributed by atoms with Crippen LogP contribution >= 0.6 is 23.2 Å². The number of amides is 1. The highest BCUT2D eigenvalue weighted by Gasteiger charge is 2.17. The summed E-state index contributed by atoms with van der Waals surface area (Å²) >= 11 is 11.9. The van der Waals surface area contributed by atoms with Crippen molar-refractivity contribution in [2.24, 2.45) is 0 Å². The van der Waals surface area contributed by atoms with Gasteiger partial charge in [-0.2, -0.15) is 0 Å². The summed E-state index contributed by atoms with van der Waals surface area (Å²) < 4.78 is 7.00. The molecule has 2 N–H and O–H groups in total. The molecule has 0 aliphatic heterocycles. The zero-order chi connectivity index (χ0) is 20.3. The lowest BCUT2D eigenvalue weighted by Gasteiger charge is -2.18. The second kappa shape index (κ2) is 8.50. The van der Waals surface area contributed by atoms with E-state index in [1.165, 1.54) is 10.6 Å². The second-order valence-corrected chi connectivity index (χ2v) is 6.79. The van der Waals surface area contributed by atoms with E-state index in [9.17, 15) is 9.59 Å². The number of anilines is 1. The number of hydrogen-bond acceptors (Lipinski definition) is 5. The number of hydrazine groups is 1. The zero-order valence-corrected chi connectivity index (χ0v) is 16.7. The van der Waals surface area contributed by atoms with Crippen molar-refractivity contribution in [2.45, 2.75) is 26.5 Å². The molecule has 0 aliphatic carbocycles. The molecule has 0 aliphatic rings. The molecule has 0 radical (unpaired) electrons. The lowest BCUT2D eigenvalue weighted by atomic mass is 10.2. The van der Waals surface area contributed by atoms with Gasteiger partial charge < -0.3 is 4.74 Å². The van der Waals surface area contributed by atoms with Crippen molar-refractivity contribution in [3.63, 3.8) is 0 Å². The molecule has 0 bridgehead atoms. The lowest BCUT2D eigenvalue weighted by molar-refractivity contribution is -0.126. The summed E-state index contributed by atoms with van der Waals surface area (Å²) in [5.41, 5.74) is 5.56. The molecule has 28 heavy (non-hydrogen) atoms. The molecule has 1 atom stereocenters. The standard InChI is InChI=1S/C19H18Cl2N4O3/c1-3-25-18(27)13-6-4-5-7-15(13)22-19(25)24-23-17(26)11(2)28-16-9-8-12(20)10-14(16)21/h4-11H,3H2,1-2H3,(H,22,24)(H,23,26). The van der Waals surface area contributed by atoms with Crippen LogP contribution in [0.15, 0.2) is 47.3 Å². The van der Waals surface area contributed by atoms with Crippen molar-refractivity contribution in [3.05, 3.63) is 62.9 Å². The van der Waals surface area contributed by atoms with Gasteiger partial charge in [0, 0.05) is 11.6 Å². The van der Waals surface area contributed by atoms with E-state index in [4.69, 9.17) is 27.9 Å². The Hall–Kier alpha value is -2.77. The van der Waals surface area contributed by atoms with Crippen molar-refractivity contribution in [1.82, 2.24) is 15.0 Å². The van der Waals surface area contributed by atoms with Crippen LogP contribution in [0.5, 0.6) is 5.75 Å². The van der Waals surface area contributed by atoms with Gasteiger partial charge in [-0.3, -0.25) is 25.0 Å². The lowest BCUT2D eigenvalue weighted by Crippen LogP contribution is -2.41. The molecule has 3 aromatic rings. The topological polar surface area (TPSA) is 85.2 Å². The van der Waals surface area contributed by atoms with Gasteiger partial charge in [-0.05, 0) is 44.2 Å². The third kappa shape index (κ3) is 4.21. The minimum Gasteiger partial charge on any atom is -0.479 e. The SMILES string of the molecule is CCn1c(NNC(=O)C(C)Oc2ccc(Cl)cc2Cl)nc2ccccc2c1=O. The molecule has 0 saturated carbocycles. The van der Waals surface area contributed by atoms with Gasteiger partial charge in [-0.25, -0.2) is 4.98 Å². The van der Waals surface area contributed by atoms with Crippen LogP contribution in [0, 0.1) is 0 Å². The van der Waals surface area contributed by atoms with E-state index in [1.54, 1.807) is 43.3 Å². The fraction of sp³-hybridized carbons (Fsp3) is 0.211. The van der Waals surface area contributed by atoms with Crippen LogP contribution in [0.3, 0.4) is 0 Å². The summed E-state index contributed by atoms with van der Waals surface area (Å²) in [6.07, 6.45) is -0.853. The zero-order valence-electron chi connectivity index (χ0n) is 15.2. The molecule has 7 nitrogen and oxygen atoms in total. The Morgan fingerprint density at radius 3 is 2.71 bits per heavy atom. The van der Waals surface area contributed by atoms with Crippen LogP contribution in [0.2, 0.25) is 10.0 Å². The molecule has 0 fully saturated rings. The first-order valence-corrected chi connectivity index (χ1v) is 9.33. The Balaban J connectivity index is 1.74. The Labute approximate surface area is 171 Å². The third-order valence-corrected chi connectivity index (χ3v) is 4.57. The van der Waals surface area contributed by atoms with Gasteiger partial charge in [-0.1, -0.05) is 35.3 Å². The summed E-state index contributed by atoms with van der Waals surface area (Å²) in [6.45, 7) is 3.78. The maximum atomic E-state index is 12.6. The number of ether oxygens (including phenoxy) is 1. The van der Waals surface area contributed by atoms with Crippen LogP contribution in [-0.4, -0.2) is 21.6 Å². The second-order valence-electron chi connectivity index (χ2n) is 5.95. The molecule has 1 aromatic heterocycles. The van der Waals surface area contributed by atoms with Crippen molar-refractivity contribution in [1.29, 1.82) is 0 Å². The number of rotatable bonds is 6. The van der Waals surface area contributed by atoms with Crippen LogP contribution in [0.1, 0.15) is 13.8 Å². The predicted molar refractivity (Wildman–Crippen MR) is 110 cm³/mol. The van der Waals surface area contributed by atoms with Gasteiger partial charge in [-0.15, -0.1) is 0 Å². The summed E-state index contributed by atoms with van der Waals surface area (Å²) in [7, 11) is 0. The number of fused-ring (bicyclic) bond motifs is 1. The highest BCUT2D eigenvalue weighted by molar-refractivity contribution is 6.35.